The van der Waals surface area contributed by atoms with Crippen LogP contribution >= 0.6 is 11.3 Å². The zero-order valence-corrected chi connectivity index (χ0v) is 13.7. The molecule has 0 aliphatic heterocycles. The number of hydrogen-bond acceptors (Lipinski definition) is 5. The largest absolute Gasteiger partial charge is 0.481 e. The van der Waals surface area contributed by atoms with Gasteiger partial charge >= 0.3 is 0 Å². The number of carbonyl (C=O) groups is 1. The van der Waals surface area contributed by atoms with Crippen molar-refractivity contribution in [2.75, 3.05) is 5.32 Å². The molecule has 0 aliphatic rings. The Hall–Kier alpha value is -1.95. The number of para-hydroxylation sites is 1. The number of carbonyl (C=O) groups excluding carboxylic acids is 1. The van der Waals surface area contributed by atoms with Gasteiger partial charge in [0.1, 0.15) is 10.8 Å². The molecule has 0 aliphatic carbocycles. The third kappa shape index (κ3) is 5.11. The van der Waals surface area contributed by atoms with Crippen molar-refractivity contribution in [3.8, 4) is 5.75 Å². The molecule has 1 unspecified atom stereocenters. The second-order valence-electron chi connectivity index (χ2n) is 5.02. The highest BCUT2D eigenvalue weighted by Crippen LogP contribution is 2.18. The van der Waals surface area contributed by atoms with Gasteiger partial charge in [0.05, 0.1) is 0 Å². The van der Waals surface area contributed by atoms with E-state index in [1.54, 1.807) is 6.92 Å². The molecule has 0 saturated heterocycles. The molecule has 1 amide bonds. The number of nitrogens with zero attached hydrogens (tertiary/aromatic N) is 2. The number of ether oxygens (including phenoxy) is 1. The molecule has 0 fully saturated rings. The van der Waals surface area contributed by atoms with Crippen LogP contribution in [0.25, 0.3) is 0 Å². The van der Waals surface area contributed by atoms with Gasteiger partial charge in [-0.25, -0.2) is 0 Å². The lowest BCUT2D eigenvalue weighted by molar-refractivity contribution is -0.122. The Morgan fingerprint density at radius 3 is 2.77 bits per heavy atom. The molecule has 118 valence electrons. The average Bonchev–Trinajstić information content (AvgIpc) is 2.96. The lowest BCUT2D eigenvalue weighted by Gasteiger charge is -2.13. The normalized spacial score (nSPS) is 11.9. The second-order valence-corrected chi connectivity index (χ2v) is 6.08. The third-order valence-corrected chi connectivity index (χ3v) is 4.01. The van der Waals surface area contributed by atoms with E-state index in [-0.39, 0.29) is 5.91 Å². The van der Waals surface area contributed by atoms with Crippen LogP contribution in [-0.2, 0) is 11.2 Å². The molecular weight excluding hydrogens is 298 g/mol. The van der Waals surface area contributed by atoms with Crippen molar-refractivity contribution in [3.05, 3.63) is 35.3 Å². The smallest absolute Gasteiger partial charge is 0.266 e. The molecule has 1 N–H and O–H groups in total. The number of aryl methyl sites for hydroxylation is 1. The van der Waals surface area contributed by atoms with E-state index in [1.807, 2.05) is 30.3 Å². The SMILES string of the molecule is CCCCCc1nnc(NC(=O)C(C)Oc2ccccc2)s1. The summed E-state index contributed by atoms with van der Waals surface area (Å²) in [7, 11) is 0. The van der Waals surface area contributed by atoms with Gasteiger partial charge in [-0.2, -0.15) is 0 Å². The summed E-state index contributed by atoms with van der Waals surface area (Å²) in [4.78, 5) is 12.1. The highest BCUT2D eigenvalue weighted by molar-refractivity contribution is 7.15. The summed E-state index contributed by atoms with van der Waals surface area (Å²) in [6.07, 6.45) is 3.79. The van der Waals surface area contributed by atoms with Crippen molar-refractivity contribution < 1.29 is 9.53 Å². The molecule has 2 aromatic rings. The number of benzene rings is 1. The predicted octanol–water partition coefficient (Wildman–Crippen LogP) is 3.68. The lowest BCUT2D eigenvalue weighted by atomic mass is 10.2. The second kappa shape index (κ2) is 8.48. The summed E-state index contributed by atoms with van der Waals surface area (Å²) >= 11 is 1.43. The van der Waals surface area contributed by atoms with Crippen molar-refractivity contribution in [2.24, 2.45) is 0 Å². The van der Waals surface area contributed by atoms with Crippen molar-refractivity contribution in [1.82, 2.24) is 10.2 Å². The van der Waals surface area contributed by atoms with Gasteiger partial charge in [-0.15, -0.1) is 10.2 Å². The topological polar surface area (TPSA) is 64.1 Å². The van der Waals surface area contributed by atoms with Crippen LogP contribution in [0.3, 0.4) is 0 Å². The summed E-state index contributed by atoms with van der Waals surface area (Å²) in [5, 5.41) is 12.3. The minimum absolute atomic E-state index is 0.222. The maximum atomic E-state index is 12.1. The fourth-order valence-electron chi connectivity index (χ4n) is 1.90. The van der Waals surface area contributed by atoms with Gasteiger partial charge in [0.15, 0.2) is 6.10 Å². The molecular formula is C16H21N3O2S. The van der Waals surface area contributed by atoms with Crippen molar-refractivity contribution in [1.29, 1.82) is 0 Å². The lowest BCUT2D eigenvalue weighted by Crippen LogP contribution is -2.30. The van der Waals surface area contributed by atoms with Crippen LogP contribution < -0.4 is 10.1 Å². The summed E-state index contributed by atoms with van der Waals surface area (Å²) in [6, 6.07) is 9.28. The average molecular weight is 319 g/mol. The highest BCUT2D eigenvalue weighted by atomic mass is 32.1. The molecule has 2 rings (SSSR count). The highest BCUT2D eigenvalue weighted by Gasteiger charge is 2.16. The molecule has 1 aromatic carbocycles. The molecule has 1 aromatic heterocycles. The minimum Gasteiger partial charge on any atom is -0.481 e. The Bertz CT molecular complexity index is 586. The van der Waals surface area contributed by atoms with Crippen molar-refractivity contribution >= 4 is 22.4 Å². The molecule has 0 spiro atoms. The Balaban J connectivity index is 1.83. The minimum atomic E-state index is -0.588. The zero-order valence-electron chi connectivity index (χ0n) is 12.9. The molecule has 0 bridgehead atoms. The molecule has 22 heavy (non-hydrogen) atoms. The number of anilines is 1. The van der Waals surface area contributed by atoms with Crippen LogP contribution in [0.15, 0.2) is 30.3 Å². The van der Waals surface area contributed by atoms with Gasteiger partial charge in [-0.1, -0.05) is 49.3 Å². The van der Waals surface area contributed by atoms with E-state index in [0.29, 0.717) is 10.9 Å². The summed E-state index contributed by atoms with van der Waals surface area (Å²) in [6.45, 7) is 3.88. The third-order valence-electron chi connectivity index (χ3n) is 3.12. The van der Waals surface area contributed by atoms with E-state index < -0.39 is 6.10 Å². The Morgan fingerprint density at radius 2 is 2.05 bits per heavy atom. The van der Waals surface area contributed by atoms with Gasteiger partial charge in [-0.05, 0) is 25.5 Å². The maximum absolute atomic E-state index is 12.1. The van der Waals surface area contributed by atoms with Crippen molar-refractivity contribution in [2.45, 2.75) is 45.6 Å². The first-order valence-corrected chi connectivity index (χ1v) is 8.35. The Labute approximate surface area is 134 Å². The van der Waals surface area contributed by atoms with Crippen LogP contribution in [0.2, 0.25) is 0 Å². The number of aromatic nitrogens is 2. The van der Waals surface area contributed by atoms with E-state index in [2.05, 4.69) is 22.4 Å². The van der Waals surface area contributed by atoms with Gasteiger partial charge < -0.3 is 4.74 Å². The quantitative estimate of drug-likeness (QED) is 0.754. The predicted molar refractivity (Wildman–Crippen MR) is 88.3 cm³/mol. The fraction of sp³-hybridized carbons (Fsp3) is 0.438. The molecule has 6 heteroatoms. The van der Waals surface area contributed by atoms with E-state index in [1.165, 1.54) is 24.2 Å². The molecule has 1 atom stereocenters. The summed E-state index contributed by atoms with van der Waals surface area (Å²) in [5.74, 6) is 0.447. The fourth-order valence-corrected chi connectivity index (χ4v) is 2.68. The van der Waals surface area contributed by atoms with Gasteiger partial charge in [0, 0.05) is 6.42 Å². The van der Waals surface area contributed by atoms with Crippen LogP contribution in [0, 0.1) is 0 Å². The van der Waals surface area contributed by atoms with Gasteiger partial charge in [0.2, 0.25) is 5.13 Å². The number of unbranched alkanes of at least 4 members (excludes halogenated alkanes) is 2. The number of amides is 1. The van der Waals surface area contributed by atoms with Crippen molar-refractivity contribution in [3.63, 3.8) is 0 Å². The van der Waals surface area contributed by atoms with E-state index >= 15 is 0 Å². The standard InChI is InChI=1S/C16H21N3O2S/c1-3-4-6-11-14-18-19-16(22-14)17-15(20)12(2)21-13-9-7-5-8-10-13/h5,7-10,12H,3-4,6,11H2,1-2H3,(H,17,19,20). The van der Waals surface area contributed by atoms with Crippen LogP contribution in [0.4, 0.5) is 5.13 Å². The summed E-state index contributed by atoms with van der Waals surface area (Å²) in [5.41, 5.74) is 0. The van der Waals surface area contributed by atoms with E-state index in [0.717, 1.165) is 17.8 Å². The van der Waals surface area contributed by atoms with Gasteiger partial charge in [-0.3, -0.25) is 10.1 Å². The molecule has 5 nitrogen and oxygen atoms in total. The molecule has 1 heterocycles. The van der Waals surface area contributed by atoms with Crippen LogP contribution in [0.1, 0.15) is 38.1 Å². The van der Waals surface area contributed by atoms with Crippen LogP contribution in [-0.4, -0.2) is 22.2 Å². The zero-order chi connectivity index (χ0) is 15.8. The Kier molecular flexibility index (Phi) is 6.33. The number of rotatable bonds is 8. The Morgan fingerprint density at radius 1 is 1.27 bits per heavy atom. The number of nitrogens with one attached hydrogen (secondary N) is 1. The molecule has 0 saturated carbocycles. The monoisotopic (exact) mass is 319 g/mol. The van der Waals surface area contributed by atoms with Crippen LogP contribution in [0.5, 0.6) is 5.75 Å². The first-order valence-electron chi connectivity index (χ1n) is 7.54. The van der Waals surface area contributed by atoms with E-state index in [9.17, 15) is 4.79 Å². The maximum Gasteiger partial charge on any atom is 0.266 e. The number of hydrogen-bond donors (Lipinski definition) is 1. The van der Waals surface area contributed by atoms with Gasteiger partial charge in [0.25, 0.3) is 5.91 Å². The first kappa shape index (κ1) is 16.4. The molecule has 0 radical (unpaired) electrons. The first-order chi connectivity index (χ1) is 10.7. The van der Waals surface area contributed by atoms with E-state index in [4.69, 9.17) is 4.74 Å². The summed E-state index contributed by atoms with van der Waals surface area (Å²) < 4.78 is 5.58.